The molecule has 7 nitrogen and oxygen atoms in total. The number of hydrogen-bond acceptors (Lipinski definition) is 7. The highest BCUT2D eigenvalue weighted by Crippen LogP contribution is 2.38. The van der Waals surface area contributed by atoms with Gasteiger partial charge in [0.15, 0.2) is 0 Å². The number of carbonyl (C=O) groups is 3. The van der Waals surface area contributed by atoms with E-state index in [1.165, 1.54) is 0 Å². The monoisotopic (exact) mass is 739 g/mol. The summed E-state index contributed by atoms with van der Waals surface area (Å²) in [6.45, 7) is 16.1. The minimum atomic E-state index is -0.460. The van der Waals surface area contributed by atoms with E-state index >= 15 is 0 Å². The first-order valence-corrected chi connectivity index (χ1v) is 18.1. The summed E-state index contributed by atoms with van der Waals surface area (Å²) in [5, 5.41) is 0. The van der Waals surface area contributed by atoms with Crippen molar-refractivity contribution in [3.05, 3.63) is 182 Å². The lowest BCUT2D eigenvalue weighted by Gasteiger charge is -2.26. The molecule has 6 aromatic rings. The smallest absolute Gasteiger partial charge is 0.338 e. The second-order valence-corrected chi connectivity index (χ2v) is 13.2. The highest BCUT2D eigenvalue weighted by atomic mass is 16.5. The second kappa shape index (κ2) is 17.3. The van der Waals surface area contributed by atoms with Gasteiger partial charge in [0.05, 0.1) is 0 Å². The molecule has 0 atom stereocenters. The Morgan fingerprint density at radius 1 is 0.411 bits per heavy atom. The third kappa shape index (κ3) is 9.27. The van der Waals surface area contributed by atoms with Crippen LogP contribution in [0.25, 0.3) is 33.4 Å². The van der Waals surface area contributed by atoms with Crippen molar-refractivity contribution in [2.24, 2.45) is 0 Å². The fourth-order valence-corrected chi connectivity index (χ4v) is 5.71. The van der Waals surface area contributed by atoms with Crippen LogP contribution in [-0.2, 0) is 14.4 Å². The van der Waals surface area contributed by atoms with Crippen molar-refractivity contribution < 1.29 is 28.6 Å². The van der Waals surface area contributed by atoms with Gasteiger partial charge in [0.25, 0.3) is 0 Å². The lowest BCUT2D eigenvalue weighted by atomic mass is 10.0. The lowest BCUT2D eigenvalue weighted by Crippen LogP contribution is -2.10. The molecule has 0 aliphatic heterocycles. The Kier molecular flexibility index (Phi) is 11.9. The third-order valence-electron chi connectivity index (χ3n) is 8.98. The van der Waals surface area contributed by atoms with Crippen LogP contribution in [0.1, 0.15) is 27.2 Å². The average molecular weight is 740 g/mol. The van der Waals surface area contributed by atoms with Crippen LogP contribution in [0.5, 0.6) is 17.2 Å². The van der Waals surface area contributed by atoms with E-state index in [4.69, 9.17) is 14.2 Å². The molecule has 0 spiro atoms. The van der Waals surface area contributed by atoms with E-state index in [1.807, 2.05) is 43.3 Å². The first-order chi connectivity index (χ1) is 27.0. The van der Waals surface area contributed by atoms with Crippen molar-refractivity contribution in [1.82, 2.24) is 0 Å². The zero-order valence-corrected chi connectivity index (χ0v) is 31.6. The molecule has 56 heavy (non-hydrogen) atoms. The van der Waals surface area contributed by atoms with Crippen molar-refractivity contribution in [2.45, 2.75) is 27.2 Å². The van der Waals surface area contributed by atoms with E-state index in [9.17, 15) is 14.4 Å². The zero-order valence-electron chi connectivity index (χ0n) is 31.6. The first kappa shape index (κ1) is 38.5. The predicted octanol–water partition coefficient (Wildman–Crippen LogP) is 12.0. The largest absolute Gasteiger partial charge is 0.423 e. The van der Waals surface area contributed by atoms with Crippen molar-refractivity contribution in [3.8, 4) is 50.6 Å². The third-order valence-corrected chi connectivity index (χ3v) is 8.98. The van der Waals surface area contributed by atoms with Gasteiger partial charge in [-0.15, -0.1) is 0 Å². The number of carbonyl (C=O) groups excluding carboxylic acids is 3. The zero-order chi connectivity index (χ0) is 39.8. The molecule has 0 unspecified atom stereocenters. The molecule has 6 rings (SSSR count). The fourth-order valence-electron chi connectivity index (χ4n) is 5.71. The molecule has 6 aromatic carbocycles. The summed E-state index contributed by atoms with van der Waals surface area (Å²) in [5.74, 6) is 0.0277. The van der Waals surface area contributed by atoms with Gasteiger partial charge in [-0.25, -0.2) is 14.4 Å². The van der Waals surface area contributed by atoms with Gasteiger partial charge in [-0.3, -0.25) is 0 Å². The van der Waals surface area contributed by atoms with Crippen LogP contribution < -0.4 is 19.1 Å². The molecule has 0 bridgehead atoms. The van der Waals surface area contributed by atoms with Gasteiger partial charge < -0.3 is 19.1 Å². The summed E-state index contributed by atoms with van der Waals surface area (Å²) in [6.07, 6.45) is 0.531. The Bertz CT molecular complexity index is 2280. The summed E-state index contributed by atoms with van der Waals surface area (Å²) in [6, 6.07) is 47.0. The van der Waals surface area contributed by atoms with Gasteiger partial charge in [0.1, 0.15) is 17.2 Å². The van der Waals surface area contributed by atoms with Crippen LogP contribution in [0.15, 0.2) is 182 Å². The van der Waals surface area contributed by atoms with E-state index in [0.29, 0.717) is 40.4 Å². The van der Waals surface area contributed by atoms with Gasteiger partial charge >= 0.3 is 17.9 Å². The maximum absolute atomic E-state index is 12.2. The summed E-state index contributed by atoms with van der Waals surface area (Å²) in [4.78, 5) is 38.3. The first-order valence-electron chi connectivity index (χ1n) is 18.1. The molecule has 0 aliphatic carbocycles. The van der Waals surface area contributed by atoms with Crippen molar-refractivity contribution >= 4 is 35.0 Å². The van der Waals surface area contributed by atoms with Crippen molar-refractivity contribution in [2.75, 3.05) is 4.90 Å². The molecule has 0 aromatic heterocycles. The van der Waals surface area contributed by atoms with E-state index in [-0.39, 0.29) is 0 Å². The van der Waals surface area contributed by atoms with Crippen LogP contribution in [-0.4, -0.2) is 17.9 Å². The molecule has 0 radical (unpaired) electrons. The minimum Gasteiger partial charge on any atom is -0.423 e. The standard InChI is InChI=1S/C49H41NO6/c1-7-34(6)49(53)56-46-30-18-40(19-31-46)37-12-24-43(25-13-37)50(41-20-8-35(9-21-41)38-14-26-44(27-15-38)54-47(51)32(2)3)42-22-10-36(11-23-42)39-16-28-45(29-17-39)55-48(52)33(4)5/h8-31H,2,4,6-7H2,1,3,5H3. The van der Waals surface area contributed by atoms with Gasteiger partial charge in [0, 0.05) is 33.8 Å². The van der Waals surface area contributed by atoms with E-state index in [2.05, 4.69) is 97.4 Å². The molecule has 0 fully saturated rings. The van der Waals surface area contributed by atoms with E-state index in [1.54, 1.807) is 50.2 Å². The van der Waals surface area contributed by atoms with Gasteiger partial charge in [-0.05, 0) is 126 Å². The maximum atomic E-state index is 12.2. The number of nitrogens with zero attached hydrogens (tertiary/aromatic N) is 1. The number of ether oxygens (including phenoxy) is 3. The number of hydrogen-bond donors (Lipinski definition) is 0. The highest BCUT2D eigenvalue weighted by molar-refractivity contribution is 5.90. The van der Waals surface area contributed by atoms with E-state index < -0.39 is 17.9 Å². The summed E-state index contributed by atoms with van der Waals surface area (Å²) in [5.41, 5.74) is 9.88. The topological polar surface area (TPSA) is 82.1 Å². The molecule has 0 amide bonds. The molecular formula is C49H41NO6. The number of benzene rings is 6. The summed E-state index contributed by atoms with van der Waals surface area (Å²) < 4.78 is 16.2. The lowest BCUT2D eigenvalue weighted by molar-refractivity contribution is -0.131. The Balaban J connectivity index is 1.27. The molecule has 0 N–H and O–H groups in total. The van der Waals surface area contributed by atoms with Crippen molar-refractivity contribution in [3.63, 3.8) is 0 Å². The molecule has 0 saturated heterocycles. The maximum Gasteiger partial charge on any atom is 0.338 e. The Labute approximate surface area is 327 Å². The Morgan fingerprint density at radius 3 is 0.875 bits per heavy atom. The van der Waals surface area contributed by atoms with Gasteiger partial charge in [-0.2, -0.15) is 0 Å². The van der Waals surface area contributed by atoms with Crippen LogP contribution >= 0.6 is 0 Å². The van der Waals surface area contributed by atoms with Gasteiger partial charge in [-0.1, -0.05) is 99.5 Å². The predicted molar refractivity (Wildman–Crippen MR) is 223 cm³/mol. The van der Waals surface area contributed by atoms with Gasteiger partial charge in [0.2, 0.25) is 0 Å². The van der Waals surface area contributed by atoms with E-state index in [0.717, 1.165) is 50.4 Å². The van der Waals surface area contributed by atoms with Crippen LogP contribution in [0.4, 0.5) is 17.1 Å². The molecule has 7 heteroatoms. The number of anilines is 3. The number of rotatable bonds is 13. The molecule has 0 saturated carbocycles. The fraction of sp³-hybridized carbons (Fsp3) is 0.0816. The molecule has 278 valence electrons. The summed E-state index contributed by atoms with van der Waals surface area (Å²) >= 11 is 0. The average Bonchev–Trinajstić information content (AvgIpc) is 3.22. The minimum absolute atomic E-state index is 0.337. The van der Waals surface area contributed by atoms with Crippen LogP contribution in [0.3, 0.4) is 0 Å². The SMILES string of the molecule is C=C(C)C(=O)Oc1ccc(-c2ccc(N(c3ccc(-c4ccc(OC(=O)C(=C)C)cc4)cc3)c3ccc(-c4ccc(OC(=O)C(=C)CC)cc4)cc3)cc2)cc1. The van der Waals surface area contributed by atoms with Crippen LogP contribution in [0, 0.1) is 0 Å². The molecular weight excluding hydrogens is 699 g/mol. The molecule has 0 heterocycles. The Morgan fingerprint density at radius 2 is 0.643 bits per heavy atom. The second-order valence-electron chi connectivity index (χ2n) is 13.2. The quantitative estimate of drug-likeness (QED) is 0.0662. The summed E-state index contributed by atoms with van der Waals surface area (Å²) in [7, 11) is 0. The normalized spacial score (nSPS) is 10.6. The highest BCUT2D eigenvalue weighted by Gasteiger charge is 2.15. The Hall–Kier alpha value is -7.25. The number of esters is 3. The molecule has 0 aliphatic rings. The van der Waals surface area contributed by atoms with Crippen molar-refractivity contribution in [1.29, 1.82) is 0 Å². The van der Waals surface area contributed by atoms with Crippen LogP contribution in [0.2, 0.25) is 0 Å².